The SMILES string of the molecule is COc1cc(-c2ccc(CN(C)Cc3csc(C(C)C)n3)o2)ncn1. The third kappa shape index (κ3) is 4.43. The van der Waals surface area contributed by atoms with Gasteiger partial charge in [0.15, 0.2) is 5.76 Å². The summed E-state index contributed by atoms with van der Waals surface area (Å²) in [6, 6.07) is 5.65. The molecular formula is C18H22N4O2S. The maximum Gasteiger partial charge on any atom is 0.216 e. The van der Waals surface area contributed by atoms with Crippen molar-refractivity contribution < 1.29 is 9.15 Å². The van der Waals surface area contributed by atoms with Crippen LogP contribution in [-0.4, -0.2) is 34.0 Å². The van der Waals surface area contributed by atoms with Gasteiger partial charge in [0.25, 0.3) is 0 Å². The molecule has 0 saturated heterocycles. The molecule has 0 amide bonds. The number of methoxy groups -OCH3 is 1. The molecule has 132 valence electrons. The fourth-order valence-corrected chi connectivity index (χ4v) is 3.27. The number of rotatable bonds is 7. The van der Waals surface area contributed by atoms with Crippen molar-refractivity contribution >= 4 is 11.3 Å². The van der Waals surface area contributed by atoms with Crippen molar-refractivity contribution in [3.8, 4) is 17.3 Å². The van der Waals surface area contributed by atoms with Crippen molar-refractivity contribution in [3.63, 3.8) is 0 Å². The Morgan fingerprint density at radius 3 is 2.80 bits per heavy atom. The molecule has 0 unspecified atom stereocenters. The maximum absolute atomic E-state index is 5.92. The molecule has 0 N–H and O–H groups in total. The lowest BCUT2D eigenvalue weighted by Gasteiger charge is -2.13. The zero-order chi connectivity index (χ0) is 17.8. The molecule has 0 aliphatic carbocycles. The molecule has 0 aromatic carbocycles. The number of hydrogen-bond acceptors (Lipinski definition) is 7. The molecule has 25 heavy (non-hydrogen) atoms. The largest absolute Gasteiger partial charge is 0.481 e. The second-order valence-corrected chi connectivity index (χ2v) is 7.11. The van der Waals surface area contributed by atoms with E-state index in [1.165, 1.54) is 11.3 Å². The van der Waals surface area contributed by atoms with Crippen LogP contribution in [0.2, 0.25) is 0 Å². The number of hydrogen-bond donors (Lipinski definition) is 0. The van der Waals surface area contributed by atoms with Gasteiger partial charge in [-0.1, -0.05) is 13.8 Å². The lowest BCUT2D eigenvalue weighted by Crippen LogP contribution is -2.17. The van der Waals surface area contributed by atoms with Crippen LogP contribution in [0.15, 0.2) is 34.3 Å². The second-order valence-electron chi connectivity index (χ2n) is 6.22. The molecule has 3 aromatic rings. The van der Waals surface area contributed by atoms with Gasteiger partial charge in [-0.15, -0.1) is 11.3 Å². The van der Waals surface area contributed by atoms with Crippen molar-refractivity contribution in [1.29, 1.82) is 0 Å². The minimum atomic E-state index is 0.474. The van der Waals surface area contributed by atoms with Gasteiger partial charge in [0.05, 0.1) is 24.4 Å². The van der Waals surface area contributed by atoms with Crippen molar-refractivity contribution in [2.45, 2.75) is 32.9 Å². The molecule has 0 aliphatic rings. The Morgan fingerprint density at radius 1 is 1.24 bits per heavy atom. The molecule has 0 radical (unpaired) electrons. The van der Waals surface area contributed by atoms with Crippen LogP contribution >= 0.6 is 11.3 Å². The van der Waals surface area contributed by atoms with Gasteiger partial charge in [-0.25, -0.2) is 15.0 Å². The van der Waals surface area contributed by atoms with E-state index >= 15 is 0 Å². The third-order valence-corrected chi connectivity index (χ3v) is 4.88. The Kier molecular flexibility index (Phi) is 5.45. The number of thiazole rings is 1. The smallest absolute Gasteiger partial charge is 0.216 e. The van der Waals surface area contributed by atoms with Crippen LogP contribution in [0.25, 0.3) is 11.5 Å². The second kappa shape index (κ2) is 7.76. The molecule has 0 atom stereocenters. The molecule has 7 heteroatoms. The Morgan fingerprint density at radius 2 is 2.08 bits per heavy atom. The predicted molar refractivity (Wildman–Crippen MR) is 97.7 cm³/mol. The minimum Gasteiger partial charge on any atom is -0.481 e. The summed E-state index contributed by atoms with van der Waals surface area (Å²) in [5, 5.41) is 3.31. The highest BCUT2D eigenvalue weighted by atomic mass is 32.1. The highest BCUT2D eigenvalue weighted by Crippen LogP contribution is 2.24. The highest BCUT2D eigenvalue weighted by molar-refractivity contribution is 7.09. The summed E-state index contributed by atoms with van der Waals surface area (Å²) in [5.74, 6) is 2.58. The van der Waals surface area contributed by atoms with Crippen LogP contribution in [0.3, 0.4) is 0 Å². The van der Waals surface area contributed by atoms with Crippen LogP contribution in [0.5, 0.6) is 5.88 Å². The molecular weight excluding hydrogens is 336 g/mol. The van der Waals surface area contributed by atoms with E-state index in [1.54, 1.807) is 24.5 Å². The summed E-state index contributed by atoms with van der Waals surface area (Å²) in [7, 11) is 3.64. The zero-order valence-electron chi connectivity index (χ0n) is 14.9. The molecule has 0 spiro atoms. The summed E-state index contributed by atoms with van der Waals surface area (Å²) >= 11 is 1.72. The molecule has 3 aromatic heterocycles. The topological polar surface area (TPSA) is 64.3 Å². The number of aromatic nitrogens is 3. The zero-order valence-corrected chi connectivity index (χ0v) is 15.7. The average Bonchev–Trinajstić information content (AvgIpc) is 3.24. The summed E-state index contributed by atoms with van der Waals surface area (Å²) in [5.41, 5.74) is 1.81. The normalized spacial score (nSPS) is 11.4. The Balaban J connectivity index is 1.63. The van der Waals surface area contributed by atoms with Crippen LogP contribution in [-0.2, 0) is 13.1 Å². The van der Waals surface area contributed by atoms with E-state index in [1.807, 2.05) is 12.1 Å². The van der Waals surface area contributed by atoms with Crippen LogP contribution in [0, 0.1) is 0 Å². The first kappa shape index (κ1) is 17.6. The van der Waals surface area contributed by atoms with Crippen LogP contribution < -0.4 is 4.74 Å². The van der Waals surface area contributed by atoms with Crippen molar-refractivity contribution in [1.82, 2.24) is 19.9 Å². The van der Waals surface area contributed by atoms with Gasteiger partial charge in [-0.3, -0.25) is 4.90 Å². The van der Waals surface area contributed by atoms with E-state index in [-0.39, 0.29) is 0 Å². The lowest BCUT2D eigenvalue weighted by atomic mass is 10.2. The number of nitrogens with zero attached hydrogens (tertiary/aromatic N) is 4. The monoisotopic (exact) mass is 358 g/mol. The lowest BCUT2D eigenvalue weighted by molar-refractivity contribution is 0.286. The van der Waals surface area contributed by atoms with E-state index < -0.39 is 0 Å². The van der Waals surface area contributed by atoms with E-state index in [0.29, 0.717) is 29.8 Å². The van der Waals surface area contributed by atoms with E-state index in [2.05, 4.69) is 46.1 Å². The molecule has 3 rings (SSSR count). The third-order valence-electron chi connectivity index (χ3n) is 3.69. The molecule has 0 fully saturated rings. The van der Waals surface area contributed by atoms with Crippen LogP contribution in [0.1, 0.15) is 36.2 Å². The molecule has 0 aliphatic heterocycles. The Hall–Kier alpha value is -2.25. The van der Waals surface area contributed by atoms with Gasteiger partial charge in [-0.05, 0) is 19.2 Å². The molecule has 0 saturated carbocycles. The van der Waals surface area contributed by atoms with Gasteiger partial charge < -0.3 is 9.15 Å². The molecule has 0 bridgehead atoms. The van der Waals surface area contributed by atoms with Crippen molar-refractivity contribution in [3.05, 3.63) is 46.4 Å². The first-order valence-electron chi connectivity index (χ1n) is 8.13. The minimum absolute atomic E-state index is 0.474. The van der Waals surface area contributed by atoms with Crippen molar-refractivity contribution in [2.75, 3.05) is 14.2 Å². The van der Waals surface area contributed by atoms with Crippen molar-refractivity contribution in [2.24, 2.45) is 0 Å². The fourth-order valence-electron chi connectivity index (χ4n) is 2.45. The van der Waals surface area contributed by atoms with Gasteiger partial charge in [0.2, 0.25) is 5.88 Å². The van der Waals surface area contributed by atoms with Gasteiger partial charge >= 0.3 is 0 Å². The van der Waals surface area contributed by atoms with Gasteiger partial charge in [0.1, 0.15) is 17.8 Å². The number of furan rings is 1. The molecule has 6 nitrogen and oxygen atoms in total. The average molecular weight is 358 g/mol. The van der Waals surface area contributed by atoms with Gasteiger partial charge in [0, 0.05) is 23.9 Å². The van der Waals surface area contributed by atoms with Gasteiger partial charge in [-0.2, -0.15) is 0 Å². The Bertz CT molecular complexity index is 828. The maximum atomic E-state index is 5.92. The van der Waals surface area contributed by atoms with E-state index in [4.69, 9.17) is 9.15 Å². The quantitative estimate of drug-likeness (QED) is 0.637. The van der Waals surface area contributed by atoms with E-state index in [0.717, 1.165) is 18.0 Å². The number of ether oxygens (including phenoxy) is 1. The fraction of sp³-hybridized carbons (Fsp3) is 0.389. The first-order valence-corrected chi connectivity index (χ1v) is 9.01. The Labute approximate surface area is 151 Å². The predicted octanol–water partition coefficient (Wildman–Crippen LogP) is 3.96. The highest BCUT2D eigenvalue weighted by Gasteiger charge is 2.12. The summed E-state index contributed by atoms with van der Waals surface area (Å²) in [6.07, 6.45) is 1.47. The molecule has 3 heterocycles. The first-order chi connectivity index (χ1) is 12.0. The summed E-state index contributed by atoms with van der Waals surface area (Å²) < 4.78 is 11.0. The van der Waals surface area contributed by atoms with Crippen LogP contribution in [0.4, 0.5) is 0 Å². The van der Waals surface area contributed by atoms with E-state index in [9.17, 15) is 0 Å². The standard InChI is InChI=1S/C18H22N4O2S/c1-12(2)18-21-13(10-25-18)8-22(3)9-14-5-6-16(24-14)15-7-17(23-4)20-11-19-15/h5-7,10-12H,8-9H2,1-4H3. The summed E-state index contributed by atoms with van der Waals surface area (Å²) in [6.45, 7) is 5.83. The summed E-state index contributed by atoms with van der Waals surface area (Å²) in [4.78, 5) is 15.1.